The Morgan fingerprint density at radius 1 is 1.53 bits per heavy atom. The number of halogens is 1. The van der Waals surface area contributed by atoms with E-state index in [1.165, 1.54) is 6.07 Å². The first-order valence-corrected chi connectivity index (χ1v) is 6.59. The van der Waals surface area contributed by atoms with Crippen molar-refractivity contribution in [1.82, 2.24) is 14.9 Å². The summed E-state index contributed by atoms with van der Waals surface area (Å²) in [5, 5.41) is 2.74. The number of imidazole rings is 1. The van der Waals surface area contributed by atoms with Crippen LogP contribution in [0.2, 0.25) is 0 Å². The maximum absolute atomic E-state index is 13.5. The molecule has 1 aromatic carbocycles. The molecule has 0 spiro atoms. The van der Waals surface area contributed by atoms with Crippen LogP contribution in [-0.4, -0.2) is 22.0 Å². The number of H-pyrrole nitrogens is 1. The van der Waals surface area contributed by atoms with Crippen molar-refractivity contribution in [2.75, 3.05) is 6.54 Å². The molecule has 0 radical (unpaired) electrons. The summed E-state index contributed by atoms with van der Waals surface area (Å²) in [6.45, 7) is 4.68. The van der Waals surface area contributed by atoms with Crippen LogP contribution in [0.5, 0.6) is 0 Å². The van der Waals surface area contributed by atoms with Crippen molar-refractivity contribution < 1.29 is 9.18 Å². The van der Waals surface area contributed by atoms with E-state index in [-0.39, 0.29) is 11.7 Å². The number of benzene rings is 1. The molecule has 0 fully saturated rings. The highest BCUT2D eigenvalue weighted by Gasteiger charge is 2.09. The number of hydrogen-bond donors (Lipinski definition) is 2. The highest BCUT2D eigenvalue weighted by atomic mass is 32.1. The molecular formula is C13H16FN3OS. The second-order valence-electron chi connectivity index (χ2n) is 4.40. The molecule has 2 aromatic rings. The van der Waals surface area contributed by atoms with Crippen molar-refractivity contribution in [2.45, 2.75) is 26.8 Å². The second kappa shape index (κ2) is 5.52. The van der Waals surface area contributed by atoms with Gasteiger partial charge in [-0.25, -0.2) is 4.39 Å². The van der Waals surface area contributed by atoms with E-state index in [1.807, 2.05) is 11.5 Å². The Morgan fingerprint density at radius 2 is 2.26 bits per heavy atom. The molecule has 102 valence electrons. The number of carbonyl (C=O) groups excluding carboxylic acids is 1. The average molecular weight is 281 g/mol. The molecule has 0 saturated heterocycles. The third-order valence-corrected chi connectivity index (χ3v) is 3.31. The van der Waals surface area contributed by atoms with Gasteiger partial charge in [0, 0.05) is 19.5 Å². The minimum atomic E-state index is -0.264. The first kappa shape index (κ1) is 13.7. The fraction of sp³-hybridized carbons (Fsp3) is 0.385. The lowest BCUT2D eigenvalue weighted by molar-refractivity contribution is -0.121. The van der Waals surface area contributed by atoms with E-state index in [4.69, 9.17) is 12.2 Å². The third-order valence-electron chi connectivity index (χ3n) is 2.99. The first-order chi connectivity index (χ1) is 9.02. The number of amides is 1. The number of nitrogens with zero attached hydrogens (tertiary/aromatic N) is 1. The van der Waals surface area contributed by atoms with Crippen LogP contribution < -0.4 is 5.32 Å². The molecule has 2 N–H and O–H groups in total. The zero-order valence-electron chi connectivity index (χ0n) is 10.9. The van der Waals surface area contributed by atoms with Crippen LogP contribution in [0.15, 0.2) is 12.1 Å². The van der Waals surface area contributed by atoms with Gasteiger partial charge in [-0.2, -0.15) is 0 Å². The third kappa shape index (κ3) is 2.84. The van der Waals surface area contributed by atoms with E-state index in [2.05, 4.69) is 10.3 Å². The molecule has 4 nitrogen and oxygen atoms in total. The SMILES string of the molecule is CCNC(=O)CCn1c(=S)[nH]c2cc(F)c(C)cc21. The average Bonchev–Trinajstić information content (AvgIpc) is 2.63. The maximum atomic E-state index is 13.5. The number of aromatic nitrogens is 2. The van der Waals surface area contributed by atoms with Crippen LogP contribution in [0.3, 0.4) is 0 Å². The van der Waals surface area contributed by atoms with E-state index >= 15 is 0 Å². The largest absolute Gasteiger partial charge is 0.356 e. The van der Waals surface area contributed by atoms with Gasteiger partial charge in [0.25, 0.3) is 0 Å². The van der Waals surface area contributed by atoms with Gasteiger partial charge in [0.15, 0.2) is 4.77 Å². The zero-order valence-corrected chi connectivity index (χ0v) is 11.7. The Labute approximate surface area is 115 Å². The monoisotopic (exact) mass is 281 g/mol. The molecule has 6 heteroatoms. The lowest BCUT2D eigenvalue weighted by Gasteiger charge is -2.05. The van der Waals surface area contributed by atoms with Gasteiger partial charge in [0.05, 0.1) is 11.0 Å². The van der Waals surface area contributed by atoms with Gasteiger partial charge in [-0.05, 0) is 43.8 Å². The molecule has 1 aromatic heterocycles. The minimum absolute atomic E-state index is 0.0161. The molecule has 19 heavy (non-hydrogen) atoms. The molecule has 2 rings (SSSR count). The number of aromatic amines is 1. The lowest BCUT2D eigenvalue weighted by Crippen LogP contribution is -2.23. The highest BCUT2D eigenvalue weighted by Crippen LogP contribution is 2.19. The summed E-state index contributed by atoms with van der Waals surface area (Å²) in [6.07, 6.45) is 0.353. The Hall–Kier alpha value is -1.69. The molecule has 1 amide bonds. The summed E-state index contributed by atoms with van der Waals surface area (Å²) in [5.74, 6) is -0.280. The van der Waals surface area contributed by atoms with Crippen molar-refractivity contribution in [2.24, 2.45) is 0 Å². The van der Waals surface area contributed by atoms with Crippen LogP contribution in [-0.2, 0) is 11.3 Å². The smallest absolute Gasteiger partial charge is 0.221 e. The molecule has 0 bridgehead atoms. The van der Waals surface area contributed by atoms with Gasteiger partial charge in [0.1, 0.15) is 5.82 Å². The number of hydrogen-bond acceptors (Lipinski definition) is 2. The van der Waals surface area contributed by atoms with Crippen molar-refractivity contribution in [3.63, 3.8) is 0 Å². The van der Waals surface area contributed by atoms with Gasteiger partial charge < -0.3 is 14.9 Å². The molecule has 0 aliphatic heterocycles. The van der Waals surface area contributed by atoms with E-state index < -0.39 is 0 Å². The molecular weight excluding hydrogens is 265 g/mol. The maximum Gasteiger partial charge on any atom is 0.221 e. The summed E-state index contributed by atoms with van der Waals surface area (Å²) in [4.78, 5) is 14.4. The van der Waals surface area contributed by atoms with Crippen molar-refractivity contribution in [3.8, 4) is 0 Å². The number of fused-ring (bicyclic) bond motifs is 1. The van der Waals surface area contributed by atoms with Gasteiger partial charge in [0.2, 0.25) is 5.91 Å². The zero-order chi connectivity index (χ0) is 14.0. The van der Waals surface area contributed by atoms with Crippen LogP contribution in [0.1, 0.15) is 18.9 Å². The molecule has 0 aliphatic carbocycles. The number of nitrogens with one attached hydrogen (secondary N) is 2. The quantitative estimate of drug-likeness (QED) is 0.847. The minimum Gasteiger partial charge on any atom is -0.356 e. The van der Waals surface area contributed by atoms with Gasteiger partial charge in [-0.15, -0.1) is 0 Å². The molecule has 0 aliphatic rings. The summed E-state index contributed by atoms with van der Waals surface area (Å²) >= 11 is 5.21. The van der Waals surface area contributed by atoms with E-state index in [0.29, 0.717) is 35.4 Å². The van der Waals surface area contributed by atoms with E-state index in [9.17, 15) is 9.18 Å². The number of carbonyl (C=O) groups is 1. The standard InChI is InChI=1S/C13H16FN3OS/c1-3-15-12(18)4-5-17-11-6-8(2)9(14)7-10(11)16-13(17)19/h6-7H,3-5H2,1-2H3,(H,15,18)(H,16,19). The topological polar surface area (TPSA) is 49.8 Å². The summed E-state index contributed by atoms with van der Waals surface area (Å²) in [5.41, 5.74) is 2.05. The Morgan fingerprint density at radius 3 is 2.95 bits per heavy atom. The summed E-state index contributed by atoms with van der Waals surface area (Å²) in [7, 11) is 0. The van der Waals surface area contributed by atoms with Crippen LogP contribution in [0, 0.1) is 17.5 Å². The Kier molecular flexibility index (Phi) is 3.99. The lowest BCUT2D eigenvalue weighted by atomic mass is 10.2. The predicted octanol–water partition coefficient (Wildman–Crippen LogP) is 2.67. The fourth-order valence-corrected chi connectivity index (χ4v) is 2.30. The summed E-state index contributed by atoms with van der Waals surface area (Å²) in [6, 6.07) is 3.18. The van der Waals surface area contributed by atoms with Crippen molar-refractivity contribution >= 4 is 29.2 Å². The van der Waals surface area contributed by atoms with Gasteiger partial charge >= 0.3 is 0 Å². The Balaban J connectivity index is 2.32. The van der Waals surface area contributed by atoms with Crippen molar-refractivity contribution in [1.29, 1.82) is 0 Å². The van der Waals surface area contributed by atoms with E-state index in [1.54, 1.807) is 13.0 Å². The molecule has 0 unspecified atom stereocenters. The summed E-state index contributed by atoms with van der Waals surface area (Å²) < 4.78 is 15.8. The van der Waals surface area contributed by atoms with Crippen LogP contribution in [0.25, 0.3) is 11.0 Å². The highest BCUT2D eigenvalue weighted by molar-refractivity contribution is 7.71. The first-order valence-electron chi connectivity index (χ1n) is 6.18. The van der Waals surface area contributed by atoms with Crippen LogP contribution in [0.4, 0.5) is 4.39 Å². The van der Waals surface area contributed by atoms with E-state index in [0.717, 1.165) is 5.52 Å². The normalized spacial score (nSPS) is 10.9. The van der Waals surface area contributed by atoms with Gasteiger partial charge in [-0.1, -0.05) is 0 Å². The Bertz CT molecular complexity index is 674. The number of rotatable bonds is 4. The van der Waals surface area contributed by atoms with Crippen molar-refractivity contribution in [3.05, 3.63) is 28.3 Å². The van der Waals surface area contributed by atoms with Gasteiger partial charge in [-0.3, -0.25) is 4.79 Å². The molecule has 1 heterocycles. The van der Waals surface area contributed by atoms with Crippen LogP contribution >= 0.6 is 12.2 Å². The molecule has 0 atom stereocenters. The number of aryl methyl sites for hydroxylation is 2. The molecule has 0 saturated carbocycles. The fourth-order valence-electron chi connectivity index (χ4n) is 2.00. The predicted molar refractivity (Wildman–Crippen MR) is 75.1 cm³/mol. The second-order valence-corrected chi connectivity index (χ2v) is 4.79.